The monoisotopic (exact) mass is 230 g/mol. The van der Waals surface area contributed by atoms with E-state index in [0.717, 1.165) is 28.8 Å². The van der Waals surface area contributed by atoms with E-state index in [-0.39, 0.29) is 0 Å². The SMILES string of the molecule is CNC1CN(c2cc(Cl)ccc2Cl)C1. The van der Waals surface area contributed by atoms with Crippen molar-refractivity contribution >= 4 is 28.9 Å². The molecule has 1 heterocycles. The lowest BCUT2D eigenvalue weighted by atomic mass is 10.1. The van der Waals surface area contributed by atoms with Gasteiger partial charge >= 0.3 is 0 Å². The highest BCUT2D eigenvalue weighted by Crippen LogP contribution is 2.31. The summed E-state index contributed by atoms with van der Waals surface area (Å²) >= 11 is 12.0. The highest BCUT2D eigenvalue weighted by atomic mass is 35.5. The number of anilines is 1. The minimum Gasteiger partial charge on any atom is -0.367 e. The predicted molar refractivity (Wildman–Crippen MR) is 61.5 cm³/mol. The Morgan fingerprint density at radius 1 is 1.36 bits per heavy atom. The number of nitrogens with zero attached hydrogens (tertiary/aromatic N) is 1. The molecule has 0 aromatic heterocycles. The summed E-state index contributed by atoms with van der Waals surface area (Å²) in [5.74, 6) is 0. The Labute approximate surface area is 93.8 Å². The van der Waals surface area contributed by atoms with Crippen molar-refractivity contribution in [3.05, 3.63) is 28.2 Å². The molecule has 0 saturated carbocycles. The molecule has 1 aliphatic rings. The van der Waals surface area contributed by atoms with Gasteiger partial charge in [-0.15, -0.1) is 0 Å². The van der Waals surface area contributed by atoms with E-state index >= 15 is 0 Å². The minimum absolute atomic E-state index is 0.574. The fourth-order valence-electron chi connectivity index (χ4n) is 1.59. The zero-order valence-corrected chi connectivity index (χ0v) is 9.44. The van der Waals surface area contributed by atoms with E-state index in [9.17, 15) is 0 Å². The number of likely N-dealkylation sites (N-methyl/N-ethyl adjacent to an activating group) is 1. The van der Waals surface area contributed by atoms with Gasteiger partial charge in [-0.2, -0.15) is 0 Å². The summed E-state index contributed by atoms with van der Waals surface area (Å²) in [5.41, 5.74) is 1.03. The van der Waals surface area contributed by atoms with Gasteiger partial charge in [-0.3, -0.25) is 0 Å². The molecule has 1 aliphatic heterocycles. The summed E-state index contributed by atoms with van der Waals surface area (Å²) in [7, 11) is 1.97. The third-order valence-electron chi connectivity index (χ3n) is 2.54. The highest BCUT2D eigenvalue weighted by Gasteiger charge is 2.26. The van der Waals surface area contributed by atoms with Gasteiger partial charge in [-0.25, -0.2) is 0 Å². The van der Waals surface area contributed by atoms with Crippen LogP contribution in [0.15, 0.2) is 18.2 Å². The standard InChI is InChI=1S/C10H12Cl2N2/c1-13-8-5-14(6-8)10-4-7(11)2-3-9(10)12/h2-4,8,13H,5-6H2,1H3. The highest BCUT2D eigenvalue weighted by molar-refractivity contribution is 6.35. The van der Waals surface area contributed by atoms with Crippen LogP contribution in [0.25, 0.3) is 0 Å². The fourth-order valence-corrected chi connectivity index (χ4v) is 1.99. The summed E-state index contributed by atoms with van der Waals surface area (Å²) < 4.78 is 0. The van der Waals surface area contributed by atoms with Crippen LogP contribution in [0.1, 0.15) is 0 Å². The number of hydrogen-bond acceptors (Lipinski definition) is 2. The molecule has 0 radical (unpaired) electrons. The van der Waals surface area contributed by atoms with E-state index in [1.807, 2.05) is 25.2 Å². The smallest absolute Gasteiger partial charge is 0.0640 e. The average molecular weight is 231 g/mol. The first-order valence-corrected chi connectivity index (χ1v) is 5.33. The first kappa shape index (κ1) is 10.1. The van der Waals surface area contributed by atoms with E-state index in [0.29, 0.717) is 6.04 Å². The van der Waals surface area contributed by atoms with E-state index in [1.54, 1.807) is 0 Å². The molecule has 2 nitrogen and oxygen atoms in total. The van der Waals surface area contributed by atoms with Gasteiger partial charge in [0.25, 0.3) is 0 Å². The van der Waals surface area contributed by atoms with E-state index in [1.165, 1.54) is 0 Å². The van der Waals surface area contributed by atoms with Crippen molar-refractivity contribution in [2.45, 2.75) is 6.04 Å². The number of rotatable bonds is 2. The fraction of sp³-hybridized carbons (Fsp3) is 0.400. The Balaban J connectivity index is 2.13. The zero-order valence-electron chi connectivity index (χ0n) is 7.93. The molecule has 0 atom stereocenters. The number of halogens is 2. The summed E-state index contributed by atoms with van der Waals surface area (Å²) in [6.45, 7) is 1.99. The first-order chi connectivity index (χ1) is 6.70. The van der Waals surface area contributed by atoms with Crippen LogP contribution in [0.2, 0.25) is 10.0 Å². The second-order valence-corrected chi connectivity index (χ2v) is 4.33. The summed E-state index contributed by atoms with van der Waals surface area (Å²) in [6.07, 6.45) is 0. The molecule has 0 unspecified atom stereocenters. The van der Waals surface area contributed by atoms with Gasteiger partial charge in [0, 0.05) is 24.2 Å². The molecule has 1 saturated heterocycles. The second kappa shape index (κ2) is 3.97. The van der Waals surface area contributed by atoms with E-state index < -0.39 is 0 Å². The van der Waals surface area contributed by atoms with Crippen LogP contribution < -0.4 is 10.2 Å². The van der Waals surface area contributed by atoms with Gasteiger partial charge < -0.3 is 10.2 Å². The molecule has 14 heavy (non-hydrogen) atoms. The molecule has 0 aliphatic carbocycles. The average Bonchev–Trinajstić information content (AvgIpc) is 2.09. The summed E-state index contributed by atoms with van der Waals surface area (Å²) in [4.78, 5) is 2.22. The molecule has 4 heteroatoms. The molecule has 0 amide bonds. The molecule has 1 aromatic rings. The molecular formula is C10H12Cl2N2. The van der Waals surface area contributed by atoms with Crippen LogP contribution in [0.4, 0.5) is 5.69 Å². The number of hydrogen-bond donors (Lipinski definition) is 1. The van der Waals surface area contributed by atoms with Gasteiger partial charge in [-0.05, 0) is 25.2 Å². The molecule has 76 valence electrons. The minimum atomic E-state index is 0.574. The first-order valence-electron chi connectivity index (χ1n) is 4.58. The molecule has 0 bridgehead atoms. The number of benzene rings is 1. The van der Waals surface area contributed by atoms with Gasteiger partial charge in [-0.1, -0.05) is 23.2 Å². The third kappa shape index (κ3) is 1.83. The Hall–Kier alpha value is -0.440. The predicted octanol–water partition coefficient (Wildman–Crippen LogP) is 2.40. The number of nitrogens with one attached hydrogen (secondary N) is 1. The normalized spacial score (nSPS) is 16.9. The topological polar surface area (TPSA) is 15.3 Å². The lowest BCUT2D eigenvalue weighted by molar-refractivity contribution is 0.450. The lowest BCUT2D eigenvalue weighted by Gasteiger charge is -2.41. The molecule has 2 rings (SSSR count). The Bertz CT molecular complexity index is 335. The maximum Gasteiger partial charge on any atom is 0.0640 e. The van der Waals surface area contributed by atoms with Crippen LogP contribution in [0.5, 0.6) is 0 Å². The van der Waals surface area contributed by atoms with Crippen molar-refractivity contribution in [1.82, 2.24) is 5.32 Å². The summed E-state index contributed by atoms with van der Waals surface area (Å²) in [6, 6.07) is 6.13. The molecule has 1 fully saturated rings. The van der Waals surface area contributed by atoms with Crippen LogP contribution >= 0.6 is 23.2 Å². The molecule has 0 spiro atoms. The maximum absolute atomic E-state index is 6.07. The summed E-state index contributed by atoms with van der Waals surface area (Å²) in [5, 5.41) is 4.72. The van der Waals surface area contributed by atoms with Crippen LogP contribution in [0, 0.1) is 0 Å². The van der Waals surface area contributed by atoms with Gasteiger partial charge in [0.2, 0.25) is 0 Å². The van der Waals surface area contributed by atoms with Gasteiger partial charge in [0.15, 0.2) is 0 Å². The van der Waals surface area contributed by atoms with Crippen molar-refractivity contribution in [3.63, 3.8) is 0 Å². The van der Waals surface area contributed by atoms with Crippen molar-refractivity contribution < 1.29 is 0 Å². The van der Waals surface area contributed by atoms with Gasteiger partial charge in [0.1, 0.15) is 0 Å². The third-order valence-corrected chi connectivity index (χ3v) is 3.09. The van der Waals surface area contributed by atoms with Crippen molar-refractivity contribution in [3.8, 4) is 0 Å². The van der Waals surface area contributed by atoms with Crippen molar-refractivity contribution in [1.29, 1.82) is 0 Å². The Morgan fingerprint density at radius 3 is 2.71 bits per heavy atom. The largest absolute Gasteiger partial charge is 0.367 e. The Kier molecular flexibility index (Phi) is 2.86. The van der Waals surface area contributed by atoms with Crippen LogP contribution in [0.3, 0.4) is 0 Å². The maximum atomic E-state index is 6.07. The van der Waals surface area contributed by atoms with Gasteiger partial charge in [0.05, 0.1) is 10.7 Å². The molecular weight excluding hydrogens is 219 g/mol. The Morgan fingerprint density at radius 2 is 2.07 bits per heavy atom. The van der Waals surface area contributed by atoms with E-state index in [2.05, 4.69) is 10.2 Å². The zero-order chi connectivity index (χ0) is 10.1. The molecule has 1 aromatic carbocycles. The van der Waals surface area contributed by atoms with Crippen molar-refractivity contribution in [2.24, 2.45) is 0 Å². The van der Waals surface area contributed by atoms with E-state index in [4.69, 9.17) is 23.2 Å². The van der Waals surface area contributed by atoms with Crippen LogP contribution in [-0.2, 0) is 0 Å². The lowest BCUT2D eigenvalue weighted by Crippen LogP contribution is -2.57. The quantitative estimate of drug-likeness (QED) is 0.840. The van der Waals surface area contributed by atoms with Crippen molar-refractivity contribution in [2.75, 3.05) is 25.0 Å². The van der Waals surface area contributed by atoms with Crippen LogP contribution in [-0.4, -0.2) is 26.2 Å². The second-order valence-electron chi connectivity index (χ2n) is 3.49. The molecule has 1 N–H and O–H groups in total.